The van der Waals surface area contributed by atoms with Gasteiger partial charge in [0, 0.05) is 13.1 Å². The molecule has 0 aromatic heterocycles. The predicted octanol–water partition coefficient (Wildman–Crippen LogP) is 0.761. The van der Waals surface area contributed by atoms with Gasteiger partial charge in [0.05, 0.1) is 12.6 Å². The molecule has 3 rings (SSSR count). The first-order valence-electron chi connectivity index (χ1n) is 7.93. The second kappa shape index (κ2) is 5.72. The lowest BCUT2D eigenvalue weighted by Crippen LogP contribution is -2.59. The number of aliphatic hydroxyl groups excluding tert-OH is 1. The van der Waals surface area contributed by atoms with E-state index in [0.29, 0.717) is 19.0 Å². The lowest BCUT2D eigenvalue weighted by molar-refractivity contribution is -0.155. The summed E-state index contributed by atoms with van der Waals surface area (Å²) < 4.78 is 0. The minimum Gasteiger partial charge on any atom is -0.391 e. The molecule has 2 heterocycles. The number of piperazine rings is 1. The normalized spacial score (nSPS) is 29.8. The number of aliphatic hydroxyl groups is 1. The van der Waals surface area contributed by atoms with Crippen LogP contribution in [0.3, 0.4) is 0 Å². The molecule has 1 saturated carbocycles. The van der Waals surface area contributed by atoms with Gasteiger partial charge in [-0.25, -0.2) is 0 Å². The molecule has 2 aliphatic heterocycles. The molecule has 2 amide bonds. The number of carbonyl (C=O) groups excluding carboxylic acids is 2. The van der Waals surface area contributed by atoms with Gasteiger partial charge in [-0.15, -0.1) is 0 Å². The van der Waals surface area contributed by atoms with Crippen molar-refractivity contribution in [2.45, 2.75) is 57.1 Å². The summed E-state index contributed by atoms with van der Waals surface area (Å²) in [5.41, 5.74) is 0. The molecule has 2 saturated heterocycles. The van der Waals surface area contributed by atoms with Crippen LogP contribution in [0.2, 0.25) is 0 Å². The van der Waals surface area contributed by atoms with Crippen molar-refractivity contribution >= 4 is 11.8 Å². The van der Waals surface area contributed by atoms with Crippen LogP contribution in [0.25, 0.3) is 0 Å². The van der Waals surface area contributed by atoms with Crippen LogP contribution in [0.1, 0.15) is 44.9 Å². The third kappa shape index (κ3) is 2.55. The summed E-state index contributed by atoms with van der Waals surface area (Å²) >= 11 is 0. The van der Waals surface area contributed by atoms with Gasteiger partial charge in [-0.2, -0.15) is 0 Å². The van der Waals surface area contributed by atoms with Gasteiger partial charge in [-0.05, 0) is 31.6 Å². The second-order valence-electron chi connectivity index (χ2n) is 6.43. The Hall–Kier alpha value is -1.10. The monoisotopic (exact) mass is 280 g/mol. The average molecular weight is 280 g/mol. The number of carbonyl (C=O) groups is 2. The van der Waals surface area contributed by atoms with Gasteiger partial charge in [-0.3, -0.25) is 9.59 Å². The van der Waals surface area contributed by atoms with Crippen LogP contribution in [0.4, 0.5) is 0 Å². The van der Waals surface area contributed by atoms with Gasteiger partial charge in [-0.1, -0.05) is 19.3 Å². The van der Waals surface area contributed by atoms with E-state index in [1.807, 2.05) is 0 Å². The van der Waals surface area contributed by atoms with Crippen LogP contribution in [0.15, 0.2) is 0 Å². The zero-order valence-corrected chi connectivity index (χ0v) is 12.0. The minimum atomic E-state index is -0.472. The quantitative estimate of drug-likeness (QED) is 0.830. The molecule has 1 aliphatic carbocycles. The molecule has 0 spiro atoms. The molecule has 0 radical (unpaired) electrons. The summed E-state index contributed by atoms with van der Waals surface area (Å²) in [4.78, 5) is 27.7. The van der Waals surface area contributed by atoms with E-state index in [1.165, 1.54) is 19.3 Å². The molecule has 3 fully saturated rings. The van der Waals surface area contributed by atoms with Crippen LogP contribution in [0, 0.1) is 5.92 Å². The standard InChI is InChI=1S/C15H24N2O3/c18-13(11-5-2-1-3-6-11)9-16-10-14(19)17-8-4-7-12(17)15(16)20/h11-13,18H,1-10H2. The Bertz CT molecular complexity index is 393. The zero-order chi connectivity index (χ0) is 14.1. The van der Waals surface area contributed by atoms with Gasteiger partial charge in [0.25, 0.3) is 0 Å². The van der Waals surface area contributed by atoms with E-state index < -0.39 is 6.10 Å². The molecule has 5 heteroatoms. The highest BCUT2D eigenvalue weighted by Crippen LogP contribution is 2.28. The van der Waals surface area contributed by atoms with Crippen molar-refractivity contribution in [2.75, 3.05) is 19.6 Å². The number of hydrogen-bond donors (Lipinski definition) is 1. The molecule has 0 aromatic carbocycles. The molecule has 2 unspecified atom stereocenters. The van der Waals surface area contributed by atoms with Crippen molar-refractivity contribution in [1.29, 1.82) is 0 Å². The molecule has 20 heavy (non-hydrogen) atoms. The Morgan fingerprint density at radius 1 is 1.10 bits per heavy atom. The lowest BCUT2D eigenvalue weighted by Gasteiger charge is -2.38. The highest BCUT2D eigenvalue weighted by Gasteiger charge is 2.42. The van der Waals surface area contributed by atoms with E-state index in [9.17, 15) is 14.7 Å². The smallest absolute Gasteiger partial charge is 0.245 e. The van der Waals surface area contributed by atoms with Crippen molar-refractivity contribution in [3.05, 3.63) is 0 Å². The van der Waals surface area contributed by atoms with Crippen LogP contribution in [0.5, 0.6) is 0 Å². The van der Waals surface area contributed by atoms with Crippen molar-refractivity contribution < 1.29 is 14.7 Å². The van der Waals surface area contributed by atoms with E-state index in [0.717, 1.165) is 25.7 Å². The van der Waals surface area contributed by atoms with Crippen LogP contribution < -0.4 is 0 Å². The fourth-order valence-corrected chi connectivity index (χ4v) is 3.91. The van der Waals surface area contributed by atoms with E-state index in [2.05, 4.69) is 0 Å². The molecule has 5 nitrogen and oxygen atoms in total. The van der Waals surface area contributed by atoms with Gasteiger partial charge in [0.15, 0.2) is 0 Å². The van der Waals surface area contributed by atoms with Crippen LogP contribution in [-0.2, 0) is 9.59 Å². The maximum atomic E-state index is 12.4. The number of β-amino-alcohol motifs (C(OH)–C–C–N with tert-alkyl or cyclic N) is 1. The van der Waals surface area contributed by atoms with E-state index in [4.69, 9.17) is 0 Å². The number of hydrogen-bond acceptors (Lipinski definition) is 3. The molecule has 3 aliphatic rings. The SMILES string of the molecule is O=C1C2CCCN2C(=O)CN1CC(O)C1CCCCC1. The molecular weight excluding hydrogens is 256 g/mol. The second-order valence-corrected chi connectivity index (χ2v) is 6.43. The zero-order valence-electron chi connectivity index (χ0n) is 12.0. The lowest BCUT2D eigenvalue weighted by atomic mass is 9.85. The Kier molecular flexibility index (Phi) is 3.96. The third-order valence-electron chi connectivity index (χ3n) is 5.10. The summed E-state index contributed by atoms with van der Waals surface area (Å²) in [6.45, 7) is 1.20. The van der Waals surface area contributed by atoms with Crippen LogP contribution in [-0.4, -0.2) is 58.5 Å². The average Bonchev–Trinajstić information content (AvgIpc) is 2.95. The highest BCUT2D eigenvalue weighted by atomic mass is 16.3. The Morgan fingerprint density at radius 3 is 2.60 bits per heavy atom. The Labute approximate surface area is 119 Å². The van der Waals surface area contributed by atoms with Gasteiger partial charge in [0.1, 0.15) is 6.04 Å². The predicted molar refractivity (Wildman–Crippen MR) is 73.9 cm³/mol. The van der Waals surface area contributed by atoms with Gasteiger partial charge in [0.2, 0.25) is 11.8 Å². The summed E-state index contributed by atoms with van der Waals surface area (Å²) in [7, 11) is 0. The first kappa shape index (κ1) is 13.9. The fraction of sp³-hybridized carbons (Fsp3) is 0.867. The first-order valence-corrected chi connectivity index (χ1v) is 7.93. The Balaban J connectivity index is 1.61. The summed E-state index contributed by atoms with van der Waals surface area (Å²) in [6.07, 6.45) is 6.92. The molecule has 1 N–H and O–H groups in total. The van der Waals surface area contributed by atoms with Crippen molar-refractivity contribution in [1.82, 2.24) is 9.80 Å². The van der Waals surface area contributed by atoms with E-state index in [-0.39, 0.29) is 24.4 Å². The summed E-state index contributed by atoms with van der Waals surface area (Å²) in [5.74, 6) is 0.383. The number of fused-ring (bicyclic) bond motifs is 1. The minimum absolute atomic E-state index is 0.0389. The van der Waals surface area contributed by atoms with Crippen LogP contribution >= 0.6 is 0 Å². The van der Waals surface area contributed by atoms with E-state index >= 15 is 0 Å². The first-order chi connectivity index (χ1) is 9.66. The number of amides is 2. The third-order valence-corrected chi connectivity index (χ3v) is 5.10. The van der Waals surface area contributed by atoms with Crippen molar-refractivity contribution in [2.24, 2.45) is 5.92 Å². The topological polar surface area (TPSA) is 60.9 Å². The fourth-order valence-electron chi connectivity index (χ4n) is 3.91. The molecule has 2 atom stereocenters. The largest absolute Gasteiger partial charge is 0.391 e. The summed E-state index contributed by atoms with van der Waals surface area (Å²) in [5, 5.41) is 10.4. The number of rotatable bonds is 3. The maximum absolute atomic E-state index is 12.4. The molecule has 0 aromatic rings. The maximum Gasteiger partial charge on any atom is 0.245 e. The highest BCUT2D eigenvalue weighted by molar-refractivity contribution is 5.95. The Morgan fingerprint density at radius 2 is 1.85 bits per heavy atom. The summed E-state index contributed by atoms with van der Waals surface area (Å²) in [6, 6.07) is -0.255. The molecular formula is C15H24N2O3. The molecule has 0 bridgehead atoms. The van der Waals surface area contributed by atoms with Crippen molar-refractivity contribution in [3.8, 4) is 0 Å². The number of nitrogens with zero attached hydrogens (tertiary/aromatic N) is 2. The van der Waals surface area contributed by atoms with Gasteiger partial charge < -0.3 is 14.9 Å². The van der Waals surface area contributed by atoms with Gasteiger partial charge >= 0.3 is 0 Å². The molecule has 112 valence electrons. The van der Waals surface area contributed by atoms with E-state index in [1.54, 1.807) is 9.80 Å². The van der Waals surface area contributed by atoms with Crippen molar-refractivity contribution in [3.63, 3.8) is 0 Å².